The summed E-state index contributed by atoms with van der Waals surface area (Å²) in [6.45, 7) is 8.51. The molecule has 0 saturated heterocycles. The number of aliphatic hydroxyl groups is 1. The Kier molecular flexibility index (Phi) is 5.62. The van der Waals surface area contributed by atoms with Gasteiger partial charge in [-0.15, -0.1) is 11.3 Å². The molecule has 1 aromatic heterocycles. The molecule has 6 heteroatoms. The fraction of sp³-hybridized carbons (Fsp3) is 0.444. The molecule has 0 fully saturated rings. The number of rotatable bonds is 5. The van der Waals surface area contributed by atoms with Crippen LogP contribution in [0, 0.1) is 0 Å². The number of hydrogen-bond acceptors (Lipinski definition) is 4. The molecule has 130 valence electrons. The lowest BCUT2D eigenvalue weighted by Gasteiger charge is -2.24. The summed E-state index contributed by atoms with van der Waals surface area (Å²) in [4.78, 5) is 16.5. The summed E-state index contributed by atoms with van der Waals surface area (Å²) < 4.78 is 0. The normalized spacial score (nSPS) is 14.0. The molecule has 1 heterocycles. The van der Waals surface area contributed by atoms with Crippen molar-refractivity contribution in [3.63, 3.8) is 0 Å². The SMILES string of the molecule is CC(C)(C)c1csc(CNC(=O)NCC(C)(O)c2ccccc2)n1. The second-order valence-corrected chi connectivity index (χ2v) is 8.00. The minimum atomic E-state index is -1.11. The third-order valence-corrected chi connectivity index (χ3v) is 4.56. The van der Waals surface area contributed by atoms with E-state index in [0.29, 0.717) is 6.54 Å². The van der Waals surface area contributed by atoms with Crippen molar-refractivity contribution in [2.75, 3.05) is 6.54 Å². The average molecular weight is 347 g/mol. The average Bonchev–Trinajstić information content (AvgIpc) is 3.01. The molecule has 24 heavy (non-hydrogen) atoms. The Morgan fingerprint density at radius 1 is 1.17 bits per heavy atom. The molecular weight excluding hydrogens is 322 g/mol. The lowest BCUT2D eigenvalue weighted by atomic mass is 9.93. The van der Waals surface area contributed by atoms with Gasteiger partial charge in [0.2, 0.25) is 0 Å². The van der Waals surface area contributed by atoms with Crippen molar-refractivity contribution in [3.8, 4) is 0 Å². The predicted octanol–water partition coefficient (Wildman–Crippen LogP) is 3.15. The van der Waals surface area contributed by atoms with Crippen LogP contribution >= 0.6 is 11.3 Å². The van der Waals surface area contributed by atoms with Gasteiger partial charge in [0.15, 0.2) is 0 Å². The van der Waals surface area contributed by atoms with Gasteiger partial charge in [0, 0.05) is 10.8 Å². The standard InChI is InChI=1S/C18H25N3O2S/c1-17(2,3)14-11-24-15(21-14)10-19-16(22)20-12-18(4,23)13-8-6-5-7-9-13/h5-9,11,23H,10,12H2,1-4H3,(H2,19,20,22). The summed E-state index contributed by atoms with van der Waals surface area (Å²) in [7, 11) is 0. The Hall–Kier alpha value is -1.92. The van der Waals surface area contributed by atoms with E-state index in [0.717, 1.165) is 16.3 Å². The molecule has 0 spiro atoms. The Morgan fingerprint density at radius 3 is 2.42 bits per heavy atom. The lowest BCUT2D eigenvalue weighted by molar-refractivity contribution is 0.0594. The molecule has 0 aliphatic carbocycles. The van der Waals surface area contributed by atoms with E-state index in [2.05, 4.69) is 36.4 Å². The number of hydrogen-bond donors (Lipinski definition) is 3. The highest BCUT2D eigenvalue weighted by Gasteiger charge is 2.23. The van der Waals surface area contributed by atoms with Crippen molar-refractivity contribution in [2.24, 2.45) is 0 Å². The van der Waals surface area contributed by atoms with Crippen LogP contribution < -0.4 is 10.6 Å². The van der Waals surface area contributed by atoms with Gasteiger partial charge in [0.1, 0.15) is 10.6 Å². The van der Waals surface area contributed by atoms with Crippen LogP contribution in [0.1, 0.15) is 44.0 Å². The van der Waals surface area contributed by atoms with Crippen LogP contribution in [0.5, 0.6) is 0 Å². The molecule has 1 aromatic carbocycles. The van der Waals surface area contributed by atoms with Crippen molar-refractivity contribution in [3.05, 3.63) is 52.0 Å². The first-order valence-electron chi connectivity index (χ1n) is 7.93. The van der Waals surface area contributed by atoms with Crippen LogP contribution in [0.4, 0.5) is 4.79 Å². The number of aromatic nitrogens is 1. The summed E-state index contributed by atoms with van der Waals surface area (Å²) in [5.41, 5.74) is 0.682. The monoisotopic (exact) mass is 347 g/mol. The number of nitrogens with one attached hydrogen (secondary N) is 2. The predicted molar refractivity (Wildman–Crippen MR) is 97.1 cm³/mol. The first kappa shape index (κ1) is 18.4. The van der Waals surface area contributed by atoms with E-state index in [-0.39, 0.29) is 18.0 Å². The highest BCUT2D eigenvalue weighted by atomic mass is 32.1. The molecule has 1 unspecified atom stereocenters. The largest absolute Gasteiger partial charge is 0.384 e. The van der Waals surface area contributed by atoms with Crippen molar-refractivity contribution >= 4 is 17.4 Å². The van der Waals surface area contributed by atoms with Crippen molar-refractivity contribution < 1.29 is 9.90 Å². The number of urea groups is 1. The maximum Gasteiger partial charge on any atom is 0.315 e. The van der Waals surface area contributed by atoms with E-state index < -0.39 is 5.60 Å². The zero-order chi connectivity index (χ0) is 17.8. The van der Waals surface area contributed by atoms with Gasteiger partial charge >= 0.3 is 6.03 Å². The van der Waals surface area contributed by atoms with Gasteiger partial charge in [-0.3, -0.25) is 0 Å². The number of nitrogens with zero attached hydrogens (tertiary/aromatic N) is 1. The highest BCUT2D eigenvalue weighted by molar-refractivity contribution is 7.09. The minimum Gasteiger partial charge on any atom is -0.384 e. The Morgan fingerprint density at radius 2 is 1.83 bits per heavy atom. The minimum absolute atomic E-state index is 0.00535. The fourth-order valence-electron chi connectivity index (χ4n) is 2.11. The summed E-state index contributed by atoms with van der Waals surface area (Å²) in [6, 6.07) is 8.96. The van der Waals surface area contributed by atoms with Gasteiger partial charge < -0.3 is 15.7 Å². The second kappa shape index (κ2) is 7.32. The Balaban J connectivity index is 1.82. The van der Waals surface area contributed by atoms with E-state index in [4.69, 9.17) is 0 Å². The molecule has 2 amide bonds. The van der Waals surface area contributed by atoms with E-state index in [9.17, 15) is 9.90 Å². The Bertz CT molecular complexity index is 675. The third kappa shape index (κ3) is 5.04. The fourth-order valence-corrected chi connectivity index (χ4v) is 3.07. The van der Waals surface area contributed by atoms with Gasteiger partial charge in [-0.05, 0) is 12.5 Å². The quantitative estimate of drug-likeness (QED) is 0.778. The van der Waals surface area contributed by atoms with E-state index in [1.54, 1.807) is 6.92 Å². The number of thiazole rings is 1. The van der Waals surface area contributed by atoms with E-state index in [1.165, 1.54) is 11.3 Å². The van der Waals surface area contributed by atoms with Gasteiger partial charge in [-0.2, -0.15) is 0 Å². The first-order valence-corrected chi connectivity index (χ1v) is 8.81. The topological polar surface area (TPSA) is 74.2 Å². The third-order valence-electron chi connectivity index (χ3n) is 3.71. The van der Waals surface area contributed by atoms with Crippen molar-refractivity contribution in [2.45, 2.75) is 45.3 Å². The maximum atomic E-state index is 11.9. The smallest absolute Gasteiger partial charge is 0.315 e. The zero-order valence-electron chi connectivity index (χ0n) is 14.6. The molecule has 3 N–H and O–H groups in total. The molecule has 0 bridgehead atoms. The molecule has 0 aliphatic heterocycles. The number of carbonyl (C=O) groups is 1. The maximum absolute atomic E-state index is 11.9. The van der Waals surface area contributed by atoms with Crippen LogP contribution in [0.2, 0.25) is 0 Å². The van der Waals surface area contributed by atoms with E-state index in [1.807, 2.05) is 35.7 Å². The molecule has 5 nitrogen and oxygen atoms in total. The van der Waals surface area contributed by atoms with Gasteiger partial charge in [-0.25, -0.2) is 9.78 Å². The molecule has 0 aliphatic rings. The first-order chi connectivity index (χ1) is 11.2. The van der Waals surface area contributed by atoms with Gasteiger partial charge in [0.25, 0.3) is 0 Å². The van der Waals surface area contributed by atoms with Gasteiger partial charge in [-0.1, -0.05) is 51.1 Å². The van der Waals surface area contributed by atoms with Gasteiger partial charge in [0.05, 0.1) is 18.8 Å². The molecule has 2 rings (SSSR count). The molecular formula is C18H25N3O2S. The van der Waals surface area contributed by atoms with Crippen LogP contribution in [0.3, 0.4) is 0 Å². The lowest BCUT2D eigenvalue weighted by Crippen LogP contribution is -2.43. The molecule has 0 radical (unpaired) electrons. The van der Waals surface area contributed by atoms with Crippen molar-refractivity contribution in [1.82, 2.24) is 15.6 Å². The second-order valence-electron chi connectivity index (χ2n) is 7.05. The summed E-state index contributed by atoms with van der Waals surface area (Å²) in [5, 5.41) is 18.8. The van der Waals surface area contributed by atoms with Crippen LogP contribution in [-0.2, 0) is 17.6 Å². The highest BCUT2D eigenvalue weighted by Crippen LogP contribution is 2.23. The summed E-state index contributed by atoms with van der Waals surface area (Å²) >= 11 is 1.54. The van der Waals surface area contributed by atoms with Crippen LogP contribution in [0.25, 0.3) is 0 Å². The molecule has 0 saturated carbocycles. The molecule has 1 atom stereocenters. The Labute approximate surface area is 147 Å². The zero-order valence-corrected chi connectivity index (χ0v) is 15.4. The van der Waals surface area contributed by atoms with Crippen LogP contribution in [0.15, 0.2) is 35.7 Å². The van der Waals surface area contributed by atoms with Crippen LogP contribution in [-0.4, -0.2) is 22.7 Å². The summed E-state index contributed by atoms with van der Waals surface area (Å²) in [5.74, 6) is 0. The van der Waals surface area contributed by atoms with E-state index >= 15 is 0 Å². The number of carbonyl (C=O) groups excluding carboxylic acids is 1. The summed E-state index contributed by atoms with van der Waals surface area (Å²) in [6.07, 6.45) is 0. The number of amides is 2. The molecule has 2 aromatic rings. The van der Waals surface area contributed by atoms with Crippen molar-refractivity contribution in [1.29, 1.82) is 0 Å². The number of benzene rings is 1.